The maximum absolute atomic E-state index is 5.97. The molecule has 80 valence electrons. The van der Waals surface area contributed by atoms with Crippen LogP contribution in [-0.2, 0) is 0 Å². The average molecular weight is 194 g/mol. The topological polar surface area (TPSA) is 52.0 Å². The summed E-state index contributed by atoms with van der Waals surface area (Å²) in [5, 5.41) is 0. The van der Waals surface area contributed by atoms with E-state index in [9.17, 15) is 0 Å². The van der Waals surface area contributed by atoms with Gasteiger partial charge in [-0.25, -0.2) is 0 Å². The molecular weight excluding hydrogens is 172 g/mol. The van der Waals surface area contributed by atoms with E-state index >= 15 is 0 Å². The average Bonchev–Trinajstić information content (AvgIpc) is 2.64. The van der Waals surface area contributed by atoms with Crippen LogP contribution in [0, 0.1) is 5.41 Å². The molecule has 0 heterocycles. The minimum absolute atomic E-state index is 0.208. The Bertz CT molecular complexity index is 265. The summed E-state index contributed by atoms with van der Waals surface area (Å²) >= 11 is 0. The Kier molecular flexibility index (Phi) is 2.77. The van der Waals surface area contributed by atoms with E-state index in [0.29, 0.717) is 0 Å². The third-order valence-corrected chi connectivity index (χ3v) is 2.48. The van der Waals surface area contributed by atoms with Crippen LogP contribution in [0.4, 0.5) is 0 Å². The zero-order valence-corrected chi connectivity index (χ0v) is 9.56. The summed E-state index contributed by atoms with van der Waals surface area (Å²) in [4.78, 5) is 0. The van der Waals surface area contributed by atoms with E-state index < -0.39 is 0 Å². The van der Waals surface area contributed by atoms with Gasteiger partial charge in [0, 0.05) is 5.70 Å². The maximum atomic E-state index is 5.97. The Morgan fingerprint density at radius 3 is 2.29 bits per heavy atom. The normalized spacial score (nSPS) is 20.7. The van der Waals surface area contributed by atoms with Crippen molar-refractivity contribution in [1.82, 2.24) is 0 Å². The molecule has 0 radical (unpaired) electrons. The highest BCUT2D eigenvalue weighted by atomic mass is 14.9. The Labute approximate surface area is 87.0 Å². The highest BCUT2D eigenvalue weighted by Gasteiger charge is 2.40. The first-order valence-electron chi connectivity index (χ1n) is 5.17. The summed E-state index contributed by atoms with van der Waals surface area (Å²) < 4.78 is 0. The van der Waals surface area contributed by atoms with Crippen LogP contribution in [0.25, 0.3) is 0 Å². The molecule has 0 spiro atoms. The minimum Gasteiger partial charge on any atom is -0.401 e. The maximum Gasteiger partial charge on any atom is 0.0557 e. The molecule has 0 amide bonds. The van der Waals surface area contributed by atoms with E-state index in [1.165, 1.54) is 0 Å². The second kappa shape index (κ2) is 3.43. The van der Waals surface area contributed by atoms with Crippen molar-refractivity contribution >= 4 is 0 Å². The Hall–Kier alpha value is -0.760. The second-order valence-electron chi connectivity index (χ2n) is 5.65. The number of nitrogens with two attached hydrogens (primary N) is 2. The summed E-state index contributed by atoms with van der Waals surface area (Å²) in [5.74, 6) is 0. The predicted molar refractivity (Wildman–Crippen MR) is 61.6 cm³/mol. The molecule has 0 unspecified atom stereocenters. The molecule has 2 nitrogen and oxygen atoms in total. The van der Waals surface area contributed by atoms with Crippen LogP contribution >= 0.6 is 0 Å². The summed E-state index contributed by atoms with van der Waals surface area (Å²) in [6, 6.07) is 0. The van der Waals surface area contributed by atoms with Gasteiger partial charge in [0.25, 0.3) is 0 Å². The van der Waals surface area contributed by atoms with Crippen LogP contribution in [0.15, 0.2) is 23.9 Å². The zero-order chi connectivity index (χ0) is 11.0. The van der Waals surface area contributed by atoms with Crippen molar-refractivity contribution in [3.05, 3.63) is 23.9 Å². The molecule has 1 fully saturated rings. The van der Waals surface area contributed by atoms with E-state index in [0.717, 1.165) is 30.5 Å². The van der Waals surface area contributed by atoms with Crippen molar-refractivity contribution in [1.29, 1.82) is 0 Å². The molecule has 1 rings (SSSR count). The van der Waals surface area contributed by atoms with Crippen molar-refractivity contribution in [3.63, 3.8) is 0 Å². The minimum atomic E-state index is -0.208. The van der Waals surface area contributed by atoms with Gasteiger partial charge >= 0.3 is 0 Å². The summed E-state index contributed by atoms with van der Waals surface area (Å²) in [6.45, 7) is 10.6. The van der Waals surface area contributed by atoms with E-state index in [4.69, 9.17) is 11.5 Å². The van der Waals surface area contributed by atoms with Gasteiger partial charge in [0.1, 0.15) is 0 Å². The molecule has 0 bridgehead atoms. The van der Waals surface area contributed by atoms with Crippen LogP contribution in [0.5, 0.6) is 0 Å². The fourth-order valence-corrected chi connectivity index (χ4v) is 1.52. The highest BCUT2D eigenvalue weighted by molar-refractivity contribution is 5.31. The lowest BCUT2D eigenvalue weighted by molar-refractivity contribution is 0.413. The van der Waals surface area contributed by atoms with Crippen molar-refractivity contribution in [2.45, 2.75) is 45.6 Å². The van der Waals surface area contributed by atoms with Crippen LogP contribution in [0.3, 0.4) is 0 Å². The molecule has 0 aliphatic heterocycles. The first kappa shape index (κ1) is 11.3. The van der Waals surface area contributed by atoms with Gasteiger partial charge in [-0.2, -0.15) is 0 Å². The van der Waals surface area contributed by atoms with Gasteiger partial charge in [-0.1, -0.05) is 32.9 Å². The predicted octanol–water partition coefficient (Wildman–Crippen LogP) is 2.31. The molecule has 0 atom stereocenters. The van der Waals surface area contributed by atoms with Gasteiger partial charge in [-0.05, 0) is 30.8 Å². The molecule has 0 aromatic heterocycles. The second-order valence-corrected chi connectivity index (χ2v) is 5.65. The molecule has 0 aromatic carbocycles. The SMILES string of the molecule is C=C(/C=C(\N)C1(N)CC1)CC(C)(C)C. The lowest BCUT2D eigenvalue weighted by atomic mass is 9.88. The number of allylic oxidation sites excluding steroid dienone is 2. The van der Waals surface area contributed by atoms with Gasteiger partial charge in [0.15, 0.2) is 0 Å². The third kappa shape index (κ3) is 3.18. The van der Waals surface area contributed by atoms with Gasteiger partial charge in [0.2, 0.25) is 0 Å². The van der Waals surface area contributed by atoms with Crippen molar-refractivity contribution in [3.8, 4) is 0 Å². The molecule has 1 saturated carbocycles. The van der Waals surface area contributed by atoms with Gasteiger partial charge < -0.3 is 11.5 Å². The van der Waals surface area contributed by atoms with Crippen molar-refractivity contribution in [2.24, 2.45) is 16.9 Å². The molecule has 4 N–H and O–H groups in total. The fourth-order valence-electron chi connectivity index (χ4n) is 1.52. The summed E-state index contributed by atoms with van der Waals surface area (Å²) in [6.07, 6.45) is 4.94. The third-order valence-electron chi connectivity index (χ3n) is 2.48. The van der Waals surface area contributed by atoms with Crippen LogP contribution in [0.2, 0.25) is 0 Å². The van der Waals surface area contributed by atoms with Gasteiger partial charge in [0.05, 0.1) is 5.54 Å². The molecule has 0 aromatic rings. The first-order valence-corrected chi connectivity index (χ1v) is 5.17. The van der Waals surface area contributed by atoms with Crippen LogP contribution in [0.1, 0.15) is 40.0 Å². The number of hydrogen-bond donors (Lipinski definition) is 2. The molecule has 2 heteroatoms. The van der Waals surface area contributed by atoms with Crippen LogP contribution < -0.4 is 11.5 Å². The van der Waals surface area contributed by atoms with Crippen molar-refractivity contribution < 1.29 is 0 Å². The monoisotopic (exact) mass is 194 g/mol. The molecule has 14 heavy (non-hydrogen) atoms. The molecular formula is C12H22N2. The smallest absolute Gasteiger partial charge is 0.0557 e. The highest BCUT2D eigenvalue weighted by Crippen LogP contribution is 2.37. The lowest BCUT2D eigenvalue weighted by Gasteiger charge is -2.19. The van der Waals surface area contributed by atoms with Crippen LogP contribution in [-0.4, -0.2) is 5.54 Å². The summed E-state index contributed by atoms with van der Waals surface area (Å²) in [5.41, 5.74) is 13.8. The zero-order valence-electron chi connectivity index (χ0n) is 9.56. The quantitative estimate of drug-likeness (QED) is 0.677. The largest absolute Gasteiger partial charge is 0.401 e. The number of hydrogen-bond acceptors (Lipinski definition) is 2. The lowest BCUT2D eigenvalue weighted by Crippen LogP contribution is -2.29. The molecule has 0 saturated heterocycles. The molecule has 1 aliphatic rings. The van der Waals surface area contributed by atoms with Crippen molar-refractivity contribution in [2.75, 3.05) is 0 Å². The Morgan fingerprint density at radius 2 is 1.93 bits per heavy atom. The first-order chi connectivity index (χ1) is 6.23. The van der Waals surface area contributed by atoms with Gasteiger partial charge in [-0.15, -0.1) is 0 Å². The van der Waals surface area contributed by atoms with E-state index in [2.05, 4.69) is 27.4 Å². The van der Waals surface area contributed by atoms with E-state index in [1.54, 1.807) is 0 Å². The standard InChI is InChI=1S/C12H22N2/c1-9(8-11(2,3)4)7-10(13)12(14)5-6-12/h7H,1,5-6,8,13-14H2,2-4H3/b10-7-. The van der Waals surface area contributed by atoms with Gasteiger partial charge in [-0.3, -0.25) is 0 Å². The Balaban J connectivity index is 2.55. The number of rotatable bonds is 3. The fraction of sp³-hybridized carbons (Fsp3) is 0.667. The van der Waals surface area contributed by atoms with E-state index in [1.807, 2.05) is 6.08 Å². The van der Waals surface area contributed by atoms with E-state index in [-0.39, 0.29) is 11.0 Å². The summed E-state index contributed by atoms with van der Waals surface area (Å²) in [7, 11) is 0. The molecule has 1 aliphatic carbocycles. The Morgan fingerprint density at radius 1 is 1.43 bits per heavy atom.